The van der Waals surface area contributed by atoms with Crippen LogP contribution in [0, 0.1) is 0 Å². The first-order chi connectivity index (χ1) is 6.71. The van der Waals surface area contributed by atoms with Crippen LogP contribution in [0.15, 0.2) is 18.3 Å². The fourth-order valence-electron chi connectivity index (χ4n) is 1.78. The first-order valence-electron chi connectivity index (χ1n) is 4.76. The number of hydrogen-bond acceptors (Lipinski definition) is 3. The molecule has 0 atom stereocenters. The molecule has 3 nitrogen and oxygen atoms in total. The molecule has 1 saturated heterocycles. The van der Waals surface area contributed by atoms with Crippen LogP contribution < -0.4 is 5.32 Å². The van der Waals surface area contributed by atoms with E-state index in [0.29, 0.717) is 5.15 Å². The topological polar surface area (TPSA) is 45.2 Å². The summed E-state index contributed by atoms with van der Waals surface area (Å²) < 4.78 is 0. The van der Waals surface area contributed by atoms with Crippen molar-refractivity contribution >= 4 is 11.6 Å². The number of halogens is 1. The molecule has 76 valence electrons. The molecule has 14 heavy (non-hydrogen) atoms. The van der Waals surface area contributed by atoms with Crippen LogP contribution >= 0.6 is 11.6 Å². The van der Waals surface area contributed by atoms with Crippen molar-refractivity contribution in [2.75, 3.05) is 13.1 Å². The van der Waals surface area contributed by atoms with Crippen molar-refractivity contribution in [1.29, 1.82) is 0 Å². The van der Waals surface area contributed by atoms with Gasteiger partial charge in [0.15, 0.2) is 0 Å². The monoisotopic (exact) mass is 212 g/mol. The molecule has 1 aliphatic heterocycles. The maximum atomic E-state index is 10.3. The van der Waals surface area contributed by atoms with Crippen LogP contribution in [0.5, 0.6) is 0 Å². The number of aromatic nitrogens is 1. The molecule has 0 saturated carbocycles. The number of hydrogen-bond donors (Lipinski definition) is 2. The maximum Gasteiger partial charge on any atom is 0.129 e. The molecule has 0 unspecified atom stereocenters. The highest BCUT2D eigenvalue weighted by Crippen LogP contribution is 2.30. The molecule has 2 rings (SSSR count). The predicted molar refractivity (Wildman–Crippen MR) is 55.2 cm³/mol. The Labute approximate surface area is 88.1 Å². The van der Waals surface area contributed by atoms with Crippen molar-refractivity contribution in [3.05, 3.63) is 29.0 Å². The van der Waals surface area contributed by atoms with Gasteiger partial charge in [0.2, 0.25) is 0 Å². The van der Waals surface area contributed by atoms with Gasteiger partial charge in [-0.1, -0.05) is 17.7 Å². The molecule has 2 heterocycles. The molecule has 4 heteroatoms. The van der Waals surface area contributed by atoms with Crippen LogP contribution in [-0.2, 0) is 5.60 Å². The normalized spacial score (nSPS) is 20.7. The second-order valence-corrected chi connectivity index (χ2v) is 4.04. The predicted octanol–water partition coefficient (Wildman–Crippen LogP) is 1.31. The minimum absolute atomic E-state index is 0.464. The fraction of sp³-hybridized carbons (Fsp3) is 0.500. The van der Waals surface area contributed by atoms with Gasteiger partial charge in [-0.2, -0.15) is 0 Å². The highest BCUT2D eigenvalue weighted by molar-refractivity contribution is 6.29. The van der Waals surface area contributed by atoms with Crippen LogP contribution in [-0.4, -0.2) is 23.2 Å². The lowest BCUT2D eigenvalue weighted by Gasteiger charge is -2.32. The highest BCUT2D eigenvalue weighted by atomic mass is 35.5. The molecule has 0 amide bonds. The molecule has 1 aliphatic rings. The van der Waals surface area contributed by atoms with E-state index in [2.05, 4.69) is 10.3 Å². The van der Waals surface area contributed by atoms with Crippen LogP contribution in [0.4, 0.5) is 0 Å². The van der Waals surface area contributed by atoms with Gasteiger partial charge in [0.1, 0.15) is 5.15 Å². The molecule has 0 aromatic carbocycles. The number of rotatable bonds is 1. The Bertz CT molecular complexity index is 306. The summed E-state index contributed by atoms with van der Waals surface area (Å²) >= 11 is 5.69. The maximum absolute atomic E-state index is 10.3. The third-order valence-corrected chi connectivity index (χ3v) is 2.92. The summed E-state index contributed by atoms with van der Waals surface area (Å²) in [6, 6.07) is 3.57. The van der Waals surface area contributed by atoms with Gasteiger partial charge in [0.05, 0.1) is 5.60 Å². The van der Waals surface area contributed by atoms with Crippen LogP contribution in [0.2, 0.25) is 5.15 Å². The van der Waals surface area contributed by atoms with Gasteiger partial charge >= 0.3 is 0 Å². The average Bonchev–Trinajstić information content (AvgIpc) is 2.19. The van der Waals surface area contributed by atoms with Gasteiger partial charge < -0.3 is 10.4 Å². The SMILES string of the molecule is OC1(c2ccc(Cl)nc2)CCNCC1. The third-order valence-electron chi connectivity index (χ3n) is 2.70. The first kappa shape index (κ1) is 9.90. The van der Waals surface area contributed by atoms with Crippen LogP contribution in [0.3, 0.4) is 0 Å². The van der Waals surface area contributed by atoms with Crippen molar-refractivity contribution in [2.24, 2.45) is 0 Å². The van der Waals surface area contributed by atoms with Crippen molar-refractivity contribution in [3.8, 4) is 0 Å². The molecule has 1 fully saturated rings. The molecule has 2 N–H and O–H groups in total. The van der Waals surface area contributed by atoms with E-state index in [1.54, 1.807) is 12.3 Å². The van der Waals surface area contributed by atoms with Gasteiger partial charge in [0.25, 0.3) is 0 Å². The van der Waals surface area contributed by atoms with Crippen LogP contribution in [0.1, 0.15) is 18.4 Å². The van der Waals surface area contributed by atoms with E-state index < -0.39 is 5.60 Å². The quantitative estimate of drug-likeness (QED) is 0.690. The molecular weight excluding hydrogens is 200 g/mol. The Balaban J connectivity index is 2.23. The molecule has 0 radical (unpaired) electrons. The van der Waals surface area contributed by atoms with Crippen LogP contribution in [0.25, 0.3) is 0 Å². The number of nitrogens with zero attached hydrogens (tertiary/aromatic N) is 1. The summed E-state index contributed by atoms with van der Waals surface area (Å²) in [7, 11) is 0. The average molecular weight is 213 g/mol. The summed E-state index contributed by atoms with van der Waals surface area (Å²) in [5, 5.41) is 14.0. The van der Waals surface area contributed by atoms with Gasteiger partial charge in [-0.25, -0.2) is 4.98 Å². The van der Waals surface area contributed by atoms with Gasteiger partial charge in [0, 0.05) is 11.8 Å². The first-order valence-corrected chi connectivity index (χ1v) is 5.14. The fourth-order valence-corrected chi connectivity index (χ4v) is 1.89. The second-order valence-electron chi connectivity index (χ2n) is 3.65. The number of aliphatic hydroxyl groups is 1. The number of pyridine rings is 1. The number of nitrogens with one attached hydrogen (secondary N) is 1. The van der Waals surface area contributed by atoms with E-state index in [1.165, 1.54) is 0 Å². The van der Waals surface area contributed by atoms with Gasteiger partial charge in [-0.05, 0) is 32.0 Å². The summed E-state index contributed by atoms with van der Waals surface area (Å²) in [5.41, 5.74) is 0.145. The Morgan fingerprint density at radius 1 is 1.36 bits per heavy atom. The van der Waals surface area contributed by atoms with Gasteiger partial charge in [-0.15, -0.1) is 0 Å². The number of piperidine rings is 1. The standard InChI is InChI=1S/C10H13ClN2O/c11-9-2-1-8(7-13-9)10(14)3-5-12-6-4-10/h1-2,7,12,14H,3-6H2. The lowest BCUT2D eigenvalue weighted by Crippen LogP contribution is -2.39. The van der Waals surface area contributed by atoms with E-state index >= 15 is 0 Å². The largest absolute Gasteiger partial charge is 0.385 e. The molecule has 1 aromatic heterocycles. The summed E-state index contributed by atoms with van der Waals surface area (Å²) in [4.78, 5) is 3.98. The van der Waals surface area contributed by atoms with E-state index in [0.717, 1.165) is 31.5 Å². The van der Waals surface area contributed by atoms with Crippen molar-refractivity contribution in [2.45, 2.75) is 18.4 Å². The molecular formula is C10H13ClN2O. The van der Waals surface area contributed by atoms with E-state index in [-0.39, 0.29) is 0 Å². The highest BCUT2D eigenvalue weighted by Gasteiger charge is 2.31. The van der Waals surface area contributed by atoms with E-state index in [9.17, 15) is 5.11 Å². The molecule has 0 spiro atoms. The summed E-state index contributed by atoms with van der Waals surface area (Å²) in [5.74, 6) is 0. The zero-order chi connectivity index (χ0) is 10.0. The Morgan fingerprint density at radius 2 is 2.07 bits per heavy atom. The smallest absolute Gasteiger partial charge is 0.129 e. The Kier molecular flexibility index (Phi) is 2.72. The van der Waals surface area contributed by atoms with E-state index in [1.807, 2.05) is 6.07 Å². The zero-order valence-electron chi connectivity index (χ0n) is 7.83. The minimum atomic E-state index is -0.719. The second kappa shape index (κ2) is 3.85. The zero-order valence-corrected chi connectivity index (χ0v) is 8.59. The summed E-state index contributed by atoms with van der Waals surface area (Å²) in [6.07, 6.45) is 3.13. The lowest BCUT2D eigenvalue weighted by atomic mass is 9.86. The molecule has 0 aliphatic carbocycles. The Hall–Kier alpha value is -0.640. The van der Waals surface area contributed by atoms with Gasteiger partial charge in [-0.3, -0.25) is 0 Å². The molecule has 0 bridgehead atoms. The minimum Gasteiger partial charge on any atom is -0.385 e. The summed E-state index contributed by atoms with van der Waals surface area (Å²) in [6.45, 7) is 1.69. The van der Waals surface area contributed by atoms with E-state index in [4.69, 9.17) is 11.6 Å². The van der Waals surface area contributed by atoms with Crippen molar-refractivity contribution in [3.63, 3.8) is 0 Å². The van der Waals surface area contributed by atoms with Crippen molar-refractivity contribution in [1.82, 2.24) is 10.3 Å². The molecule has 1 aromatic rings. The Morgan fingerprint density at radius 3 is 2.64 bits per heavy atom. The third kappa shape index (κ3) is 1.90. The van der Waals surface area contributed by atoms with Crippen molar-refractivity contribution < 1.29 is 5.11 Å². The lowest BCUT2D eigenvalue weighted by molar-refractivity contribution is 0.00564.